The Bertz CT molecular complexity index is 2920. The molecule has 0 N–H and O–H groups in total. The Labute approximate surface area is 314 Å². The van der Waals surface area contributed by atoms with Gasteiger partial charge in [0.25, 0.3) is 0 Å². The fraction of sp³-hybridized carbons (Fsp3) is 0. The molecule has 1 heterocycles. The van der Waals surface area contributed by atoms with Gasteiger partial charge in [0, 0.05) is 28.0 Å². The van der Waals surface area contributed by atoms with E-state index in [0.29, 0.717) is 5.89 Å². The maximum absolute atomic E-state index is 6.20. The summed E-state index contributed by atoms with van der Waals surface area (Å²) in [6.07, 6.45) is 0. The molecule has 0 atom stereocenters. The molecular formula is C51H34N2O. The lowest BCUT2D eigenvalue weighted by Gasteiger charge is -2.26. The van der Waals surface area contributed by atoms with Crippen LogP contribution in [0.4, 0.5) is 17.1 Å². The van der Waals surface area contributed by atoms with Crippen LogP contribution in [0, 0.1) is 0 Å². The molecule has 10 rings (SSSR count). The molecule has 10 aromatic rings. The lowest BCUT2D eigenvalue weighted by molar-refractivity contribution is 0.620. The molecule has 0 radical (unpaired) electrons. The van der Waals surface area contributed by atoms with E-state index in [-0.39, 0.29) is 0 Å². The Hall–Kier alpha value is -7.23. The second-order valence-corrected chi connectivity index (χ2v) is 13.6. The minimum atomic E-state index is 0.637. The summed E-state index contributed by atoms with van der Waals surface area (Å²) in [4.78, 5) is 7.30. The van der Waals surface area contributed by atoms with Crippen molar-refractivity contribution in [3.8, 4) is 44.8 Å². The highest BCUT2D eigenvalue weighted by molar-refractivity contribution is 6.06. The number of nitrogens with zero attached hydrogens (tertiary/aromatic N) is 2. The average molecular weight is 691 g/mol. The highest BCUT2D eigenvalue weighted by atomic mass is 16.3. The van der Waals surface area contributed by atoms with Crippen LogP contribution in [0.2, 0.25) is 0 Å². The SMILES string of the molecule is c1ccc(-c2ccc(N(c3cccc(-c4ccccc4)c3)c3ccc4cc(-c5ccc6ccc7oc(-c8ccccc8)nc7c6c5)ccc4c3)cc2)cc1. The summed E-state index contributed by atoms with van der Waals surface area (Å²) in [6.45, 7) is 0. The molecule has 0 aliphatic rings. The Morgan fingerprint density at radius 1 is 0.333 bits per heavy atom. The van der Waals surface area contributed by atoms with Gasteiger partial charge >= 0.3 is 0 Å². The van der Waals surface area contributed by atoms with Gasteiger partial charge in [-0.1, -0.05) is 140 Å². The smallest absolute Gasteiger partial charge is 0.227 e. The lowest BCUT2D eigenvalue weighted by atomic mass is 9.97. The van der Waals surface area contributed by atoms with Crippen LogP contribution in [0.3, 0.4) is 0 Å². The van der Waals surface area contributed by atoms with Crippen molar-refractivity contribution in [2.75, 3.05) is 4.90 Å². The highest BCUT2D eigenvalue weighted by Gasteiger charge is 2.16. The number of fused-ring (bicyclic) bond motifs is 4. The normalized spacial score (nSPS) is 11.3. The summed E-state index contributed by atoms with van der Waals surface area (Å²) in [5.74, 6) is 0.637. The second kappa shape index (κ2) is 13.4. The van der Waals surface area contributed by atoms with Gasteiger partial charge in [0.2, 0.25) is 5.89 Å². The molecule has 0 aliphatic carbocycles. The standard InChI is InChI=1S/C51H34N2O/c1-4-11-35(12-5-1)37-23-27-45(28-24-37)53(46-18-10-17-40(32-46)36-13-6-2-7-14-36)47-29-25-42-31-41(21-22-43(42)33-47)44-20-19-38-26-30-49-50(48(38)34-44)52-51(54-49)39-15-8-3-9-16-39/h1-34H. The van der Waals surface area contributed by atoms with Gasteiger partial charge in [-0.15, -0.1) is 0 Å². The zero-order chi connectivity index (χ0) is 35.8. The van der Waals surface area contributed by atoms with Crippen LogP contribution in [0.5, 0.6) is 0 Å². The van der Waals surface area contributed by atoms with Gasteiger partial charge in [-0.2, -0.15) is 0 Å². The van der Waals surface area contributed by atoms with Crippen LogP contribution in [0.1, 0.15) is 0 Å². The van der Waals surface area contributed by atoms with E-state index < -0.39 is 0 Å². The molecule has 54 heavy (non-hydrogen) atoms. The minimum Gasteiger partial charge on any atom is -0.436 e. The first kappa shape index (κ1) is 31.5. The molecule has 0 fully saturated rings. The van der Waals surface area contributed by atoms with Crippen molar-refractivity contribution in [3.63, 3.8) is 0 Å². The van der Waals surface area contributed by atoms with E-state index in [1.165, 1.54) is 33.0 Å². The van der Waals surface area contributed by atoms with Crippen LogP contribution < -0.4 is 4.90 Å². The van der Waals surface area contributed by atoms with E-state index >= 15 is 0 Å². The Balaban J connectivity index is 1.04. The summed E-state index contributed by atoms with van der Waals surface area (Å²) >= 11 is 0. The third kappa shape index (κ3) is 5.88. The lowest BCUT2D eigenvalue weighted by Crippen LogP contribution is -2.10. The fourth-order valence-electron chi connectivity index (χ4n) is 7.48. The van der Waals surface area contributed by atoms with Crippen LogP contribution in [0.25, 0.3) is 77.5 Å². The molecule has 0 unspecified atom stereocenters. The summed E-state index contributed by atoms with van der Waals surface area (Å²) in [5, 5.41) is 4.57. The molecular weight excluding hydrogens is 657 g/mol. The number of hydrogen-bond donors (Lipinski definition) is 0. The molecule has 254 valence electrons. The van der Waals surface area contributed by atoms with Crippen LogP contribution >= 0.6 is 0 Å². The number of benzene rings is 9. The maximum atomic E-state index is 6.20. The predicted molar refractivity (Wildman–Crippen MR) is 225 cm³/mol. The van der Waals surface area contributed by atoms with Crippen molar-refractivity contribution >= 4 is 49.7 Å². The number of aromatic nitrogens is 1. The molecule has 9 aromatic carbocycles. The van der Waals surface area contributed by atoms with Crippen LogP contribution in [-0.4, -0.2) is 4.98 Å². The fourth-order valence-corrected chi connectivity index (χ4v) is 7.48. The van der Waals surface area contributed by atoms with Crippen molar-refractivity contribution < 1.29 is 4.42 Å². The number of anilines is 3. The first-order chi connectivity index (χ1) is 26.7. The van der Waals surface area contributed by atoms with Gasteiger partial charge < -0.3 is 9.32 Å². The van der Waals surface area contributed by atoms with Crippen LogP contribution in [0.15, 0.2) is 211 Å². The van der Waals surface area contributed by atoms with E-state index in [0.717, 1.165) is 55.6 Å². The quantitative estimate of drug-likeness (QED) is 0.167. The van der Waals surface area contributed by atoms with E-state index in [2.05, 4.69) is 175 Å². The van der Waals surface area contributed by atoms with E-state index in [1.54, 1.807) is 0 Å². The van der Waals surface area contributed by atoms with Gasteiger partial charge in [0.15, 0.2) is 5.58 Å². The molecule has 3 heteroatoms. The van der Waals surface area contributed by atoms with Gasteiger partial charge in [-0.25, -0.2) is 4.98 Å². The highest BCUT2D eigenvalue weighted by Crippen LogP contribution is 2.40. The van der Waals surface area contributed by atoms with Crippen LogP contribution in [-0.2, 0) is 0 Å². The Morgan fingerprint density at radius 2 is 0.833 bits per heavy atom. The van der Waals surface area contributed by atoms with Gasteiger partial charge in [-0.05, 0) is 116 Å². The third-order valence-electron chi connectivity index (χ3n) is 10.3. The Morgan fingerprint density at radius 3 is 1.57 bits per heavy atom. The Kier molecular flexibility index (Phi) is 7.81. The molecule has 0 saturated heterocycles. The molecule has 0 saturated carbocycles. The van der Waals surface area contributed by atoms with Crippen molar-refractivity contribution in [2.24, 2.45) is 0 Å². The molecule has 3 nitrogen and oxygen atoms in total. The first-order valence-electron chi connectivity index (χ1n) is 18.3. The van der Waals surface area contributed by atoms with Crippen molar-refractivity contribution in [2.45, 2.75) is 0 Å². The topological polar surface area (TPSA) is 29.3 Å². The van der Waals surface area contributed by atoms with E-state index in [4.69, 9.17) is 9.40 Å². The van der Waals surface area contributed by atoms with Gasteiger partial charge in [-0.3, -0.25) is 0 Å². The largest absolute Gasteiger partial charge is 0.436 e. The summed E-state index contributed by atoms with van der Waals surface area (Å²) in [6, 6.07) is 73.1. The summed E-state index contributed by atoms with van der Waals surface area (Å²) in [7, 11) is 0. The first-order valence-corrected chi connectivity index (χ1v) is 18.3. The maximum Gasteiger partial charge on any atom is 0.227 e. The minimum absolute atomic E-state index is 0.637. The molecule has 0 aliphatic heterocycles. The average Bonchev–Trinajstić information content (AvgIpc) is 3.70. The number of oxazole rings is 1. The second-order valence-electron chi connectivity index (χ2n) is 13.6. The van der Waals surface area contributed by atoms with E-state index in [9.17, 15) is 0 Å². The van der Waals surface area contributed by atoms with E-state index in [1.807, 2.05) is 36.4 Å². The van der Waals surface area contributed by atoms with Crippen molar-refractivity contribution in [3.05, 3.63) is 206 Å². The zero-order valence-electron chi connectivity index (χ0n) is 29.4. The van der Waals surface area contributed by atoms with Gasteiger partial charge in [0.1, 0.15) is 5.52 Å². The summed E-state index contributed by atoms with van der Waals surface area (Å²) in [5.41, 5.74) is 13.0. The number of hydrogen-bond acceptors (Lipinski definition) is 3. The summed E-state index contributed by atoms with van der Waals surface area (Å²) < 4.78 is 6.20. The van der Waals surface area contributed by atoms with Crippen molar-refractivity contribution in [1.82, 2.24) is 4.98 Å². The number of rotatable bonds is 7. The molecule has 0 bridgehead atoms. The third-order valence-corrected chi connectivity index (χ3v) is 10.3. The van der Waals surface area contributed by atoms with Crippen molar-refractivity contribution in [1.29, 1.82) is 0 Å². The monoisotopic (exact) mass is 690 g/mol. The zero-order valence-corrected chi connectivity index (χ0v) is 29.4. The predicted octanol–water partition coefficient (Wildman–Crippen LogP) is 14.3. The molecule has 1 aromatic heterocycles. The van der Waals surface area contributed by atoms with Gasteiger partial charge in [0.05, 0.1) is 0 Å². The molecule has 0 amide bonds. The molecule has 0 spiro atoms.